The first-order valence-electron chi connectivity index (χ1n) is 6.79. The lowest BCUT2D eigenvalue weighted by Crippen LogP contribution is -2.30. The van der Waals surface area contributed by atoms with Crippen LogP contribution in [0.5, 0.6) is 11.5 Å². The molecule has 4 nitrogen and oxygen atoms in total. The lowest BCUT2D eigenvalue weighted by Gasteiger charge is -2.20. The molecule has 2 rings (SSSR count). The van der Waals surface area contributed by atoms with E-state index in [1.165, 1.54) is 0 Å². The Morgan fingerprint density at radius 3 is 2.63 bits per heavy atom. The van der Waals surface area contributed by atoms with Gasteiger partial charge in [0.05, 0.1) is 20.3 Å². The Kier molecular flexibility index (Phi) is 4.66. The minimum absolute atomic E-state index is 0.110. The van der Waals surface area contributed by atoms with Gasteiger partial charge >= 0.3 is 0 Å². The van der Waals surface area contributed by atoms with Crippen molar-refractivity contribution in [2.75, 3.05) is 20.8 Å². The van der Waals surface area contributed by atoms with Crippen molar-refractivity contribution in [2.24, 2.45) is 5.92 Å². The molecule has 4 heteroatoms. The highest BCUT2D eigenvalue weighted by molar-refractivity contribution is 5.42. The average Bonchev–Trinajstić information content (AvgIpc) is 3.28. The number of benzene rings is 1. The van der Waals surface area contributed by atoms with Gasteiger partial charge in [0, 0.05) is 18.2 Å². The van der Waals surface area contributed by atoms with Crippen LogP contribution in [0, 0.1) is 5.92 Å². The highest BCUT2D eigenvalue weighted by Crippen LogP contribution is 2.33. The molecule has 0 saturated heterocycles. The predicted molar refractivity (Wildman–Crippen MR) is 74.7 cm³/mol. The molecule has 0 amide bonds. The molecule has 1 fully saturated rings. The van der Waals surface area contributed by atoms with Crippen LogP contribution in [0.3, 0.4) is 0 Å². The number of hydrogen-bond acceptors (Lipinski definition) is 4. The smallest absolute Gasteiger partial charge is 0.123 e. The van der Waals surface area contributed by atoms with Gasteiger partial charge in [-0.1, -0.05) is 0 Å². The van der Waals surface area contributed by atoms with Gasteiger partial charge in [0.1, 0.15) is 11.5 Å². The van der Waals surface area contributed by atoms with Crippen molar-refractivity contribution in [1.29, 1.82) is 0 Å². The van der Waals surface area contributed by atoms with E-state index in [1.54, 1.807) is 14.2 Å². The second-order valence-corrected chi connectivity index (χ2v) is 5.14. The quantitative estimate of drug-likeness (QED) is 0.793. The average molecular weight is 265 g/mol. The maximum Gasteiger partial charge on any atom is 0.123 e. The summed E-state index contributed by atoms with van der Waals surface area (Å²) in [5.74, 6) is 2.14. The fourth-order valence-corrected chi connectivity index (χ4v) is 2.23. The van der Waals surface area contributed by atoms with Gasteiger partial charge in [0.2, 0.25) is 0 Å². The molecule has 106 valence electrons. The van der Waals surface area contributed by atoms with Crippen molar-refractivity contribution < 1.29 is 14.6 Å². The molecule has 1 aromatic rings. The first kappa shape index (κ1) is 14.2. The van der Waals surface area contributed by atoms with E-state index in [9.17, 15) is 5.11 Å². The summed E-state index contributed by atoms with van der Waals surface area (Å²) in [7, 11) is 3.32. The number of methoxy groups -OCH3 is 2. The van der Waals surface area contributed by atoms with E-state index in [1.807, 2.05) is 18.2 Å². The van der Waals surface area contributed by atoms with Crippen molar-refractivity contribution in [1.82, 2.24) is 5.32 Å². The Balaban J connectivity index is 2.01. The Bertz CT molecular complexity index is 418. The van der Waals surface area contributed by atoms with Gasteiger partial charge in [-0.2, -0.15) is 0 Å². The fraction of sp³-hybridized carbons (Fsp3) is 0.600. The molecule has 19 heavy (non-hydrogen) atoms. The molecule has 0 heterocycles. The molecule has 2 unspecified atom stereocenters. The van der Waals surface area contributed by atoms with Crippen LogP contribution in [0.4, 0.5) is 0 Å². The van der Waals surface area contributed by atoms with Gasteiger partial charge in [0.15, 0.2) is 0 Å². The van der Waals surface area contributed by atoms with Gasteiger partial charge < -0.3 is 19.9 Å². The number of hydrogen-bond donors (Lipinski definition) is 2. The van der Waals surface area contributed by atoms with Crippen LogP contribution < -0.4 is 14.8 Å². The van der Waals surface area contributed by atoms with Crippen molar-refractivity contribution in [3.63, 3.8) is 0 Å². The largest absolute Gasteiger partial charge is 0.497 e. The third-order valence-corrected chi connectivity index (χ3v) is 3.70. The Labute approximate surface area is 114 Å². The molecule has 0 aromatic heterocycles. The molecule has 1 aliphatic rings. The molecular formula is C15H23NO3. The molecule has 0 radical (unpaired) electrons. The predicted octanol–water partition coefficient (Wildman–Crippen LogP) is 2.13. The normalized spacial score (nSPS) is 17.9. The van der Waals surface area contributed by atoms with Crippen LogP contribution in [0.25, 0.3) is 0 Å². The van der Waals surface area contributed by atoms with Crippen LogP contribution in [-0.2, 0) is 0 Å². The number of rotatable bonds is 7. The van der Waals surface area contributed by atoms with E-state index in [0.29, 0.717) is 12.5 Å². The summed E-state index contributed by atoms with van der Waals surface area (Å²) < 4.78 is 10.6. The maximum absolute atomic E-state index is 9.89. The first-order valence-corrected chi connectivity index (χ1v) is 6.79. The number of aliphatic hydroxyl groups is 1. The molecule has 2 N–H and O–H groups in total. The summed E-state index contributed by atoms with van der Waals surface area (Å²) in [6, 6.07) is 5.87. The Hall–Kier alpha value is -1.26. The Morgan fingerprint density at radius 2 is 2.05 bits per heavy atom. The van der Waals surface area contributed by atoms with E-state index < -0.39 is 0 Å². The molecule has 1 aliphatic carbocycles. The molecule has 0 aliphatic heterocycles. The molecular weight excluding hydrogens is 242 g/mol. The van der Waals surface area contributed by atoms with Crippen LogP contribution in [-0.4, -0.2) is 32.0 Å². The summed E-state index contributed by atoms with van der Waals surface area (Å²) in [6.07, 6.45) is 2.07. The van der Waals surface area contributed by atoms with E-state index >= 15 is 0 Å². The summed E-state index contributed by atoms with van der Waals surface area (Å²) in [6.45, 7) is 2.68. The molecule has 0 spiro atoms. The Morgan fingerprint density at radius 1 is 1.32 bits per heavy atom. The van der Waals surface area contributed by atoms with E-state index in [-0.39, 0.29) is 12.1 Å². The number of nitrogens with one attached hydrogen (secondary N) is 1. The highest BCUT2D eigenvalue weighted by atomic mass is 16.5. The lowest BCUT2D eigenvalue weighted by molar-refractivity contribution is 0.145. The lowest BCUT2D eigenvalue weighted by atomic mass is 10.1. The van der Waals surface area contributed by atoms with Crippen LogP contribution in [0.1, 0.15) is 31.4 Å². The molecule has 1 saturated carbocycles. The minimum Gasteiger partial charge on any atom is -0.497 e. The van der Waals surface area contributed by atoms with Crippen molar-refractivity contribution in [3.05, 3.63) is 23.8 Å². The van der Waals surface area contributed by atoms with Crippen LogP contribution in [0.2, 0.25) is 0 Å². The molecule has 2 atom stereocenters. The summed E-state index contributed by atoms with van der Waals surface area (Å²) >= 11 is 0. The highest BCUT2D eigenvalue weighted by Gasteiger charge is 2.29. The van der Waals surface area contributed by atoms with E-state index in [4.69, 9.17) is 9.47 Å². The first-order chi connectivity index (χ1) is 9.15. The zero-order valence-corrected chi connectivity index (χ0v) is 11.8. The SMILES string of the molecule is COc1ccc(OC)c(C(C)NCC(O)C2CC2)c1. The van der Waals surface area contributed by atoms with Crippen molar-refractivity contribution >= 4 is 0 Å². The summed E-state index contributed by atoms with van der Waals surface area (Å²) in [4.78, 5) is 0. The second kappa shape index (κ2) is 6.26. The van der Waals surface area contributed by atoms with Crippen molar-refractivity contribution in [2.45, 2.75) is 31.9 Å². The fourth-order valence-electron chi connectivity index (χ4n) is 2.23. The van der Waals surface area contributed by atoms with Gasteiger partial charge in [-0.05, 0) is 43.9 Å². The summed E-state index contributed by atoms with van der Waals surface area (Å²) in [5, 5.41) is 13.3. The third kappa shape index (κ3) is 3.61. The summed E-state index contributed by atoms with van der Waals surface area (Å²) in [5.41, 5.74) is 1.05. The van der Waals surface area contributed by atoms with E-state index in [2.05, 4.69) is 12.2 Å². The van der Waals surface area contributed by atoms with Crippen molar-refractivity contribution in [3.8, 4) is 11.5 Å². The zero-order chi connectivity index (χ0) is 13.8. The molecule has 0 bridgehead atoms. The van der Waals surface area contributed by atoms with Crippen LogP contribution >= 0.6 is 0 Å². The standard InChI is InChI=1S/C15H23NO3/c1-10(16-9-14(17)11-4-5-11)13-8-12(18-2)6-7-15(13)19-3/h6-8,10-11,14,16-17H,4-5,9H2,1-3H3. The van der Waals surface area contributed by atoms with Gasteiger partial charge in [-0.15, -0.1) is 0 Å². The van der Waals surface area contributed by atoms with Gasteiger partial charge in [-0.25, -0.2) is 0 Å². The third-order valence-electron chi connectivity index (χ3n) is 3.70. The van der Waals surface area contributed by atoms with Gasteiger partial charge in [0.25, 0.3) is 0 Å². The minimum atomic E-state index is -0.237. The monoisotopic (exact) mass is 265 g/mol. The zero-order valence-electron chi connectivity index (χ0n) is 11.8. The second-order valence-electron chi connectivity index (χ2n) is 5.14. The number of aliphatic hydroxyl groups excluding tert-OH is 1. The van der Waals surface area contributed by atoms with Crippen LogP contribution in [0.15, 0.2) is 18.2 Å². The topological polar surface area (TPSA) is 50.7 Å². The number of ether oxygens (including phenoxy) is 2. The van der Waals surface area contributed by atoms with E-state index in [0.717, 1.165) is 29.9 Å². The maximum atomic E-state index is 9.89. The molecule has 1 aromatic carbocycles. The van der Waals surface area contributed by atoms with Gasteiger partial charge in [-0.3, -0.25) is 0 Å².